The molecule has 112 valence electrons. The fourth-order valence-electron chi connectivity index (χ4n) is 2.27. The highest BCUT2D eigenvalue weighted by molar-refractivity contribution is 7.89. The second-order valence-corrected chi connectivity index (χ2v) is 6.71. The van der Waals surface area contributed by atoms with E-state index >= 15 is 0 Å². The molecule has 1 unspecified atom stereocenters. The molecule has 3 N–H and O–H groups in total. The van der Waals surface area contributed by atoms with Crippen molar-refractivity contribution in [2.45, 2.75) is 30.8 Å². The molecular formula is C16H20N2O2S. The third kappa shape index (κ3) is 4.14. The van der Waals surface area contributed by atoms with Crippen molar-refractivity contribution in [3.8, 4) is 0 Å². The first-order valence-electron chi connectivity index (χ1n) is 6.87. The van der Waals surface area contributed by atoms with Gasteiger partial charge in [0.25, 0.3) is 0 Å². The normalized spacial score (nSPS) is 13.0. The number of rotatable bonds is 6. The Kier molecular flexibility index (Phi) is 5.12. The van der Waals surface area contributed by atoms with Crippen LogP contribution in [0.4, 0.5) is 0 Å². The molecule has 0 spiro atoms. The summed E-state index contributed by atoms with van der Waals surface area (Å²) in [4.78, 5) is 0.257. The molecule has 0 aliphatic rings. The number of benzene rings is 2. The summed E-state index contributed by atoms with van der Waals surface area (Å²) >= 11 is 0. The van der Waals surface area contributed by atoms with Crippen molar-refractivity contribution in [2.24, 2.45) is 5.73 Å². The molecular weight excluding hydrogens is 284 g/mol. The summed E-state index contributed by atoms with van der Waals surface area (Å²) in [6, 6.07) is 16.4. The van der Waals surface area contributed by atoms with Gasteiger partial charge in [0, 0.05) is 12.6 Å². The molecule has 0 heterocycles. The van der Waals surface area contributed by atoms with Gasteiger partial charge in [0.2, 0.25) is 10.0 Å². The zero-order valence-corrected chi connectivity index (χ0v) is 12.8. The van der Waals surface area contributed by atoms with Crippen LogP contribution in [-0.2, 0) is 23.0 Å². The quantitative estimate of drug-likeness (QED) is 0.858. The van der Waals surface area contributed by atoms with Crippen molar-refractivity contribution in [1.29, 1.82) is 0 Å². The molecule has 1 atom stereocenters. The monoisotopic (exact) mass is 304 g/mol. The fourth-order valence-corrected chi connectivity index (χ4v) is 3.77. The van der Waals surface area contributed by atoms with Crippen molar-refractivity contribution >= 4 is 10.0 Å². The van der Waals surface area contributed by atoms with Crippen molar-refractivity contribution in [3.63, 3.8) is 0 Å². The Morgan fingerprint density at radius 2 is 1.67 bits per heavy atom. The van der Waals surface area contributed by atoms with E-state index in [1.165, 1.54) is 0 Å². The van der Waals surface area contributed by atoms with Crippen molar-refractivity contribution in [2.75, 3.05) is 0 Å². The molecule has 0 bridgehead atoms. The Balaban J connectivity index is 2.14. The Bertz CT molecular complexity index is 684. The third-order valence-electron chi connectivity index (χ3n) is 3.22. The average Bonchev–Trinajstić information content (AvgIpc) is 2.47. The molecule has 0 amide bonds. The van der Waals surface area contributed by atoms with Gasteiger partial charge in [0.15, 0.2) is 0 Å². The van der Waals surface area contributed by atoms with E-state index in [2.05, 4.69) is 4.72 Å². The molecule has 0 saturated carbocycles. The van der Waals surface area contributed by atoms with Crippen LogP contribution in [0.15, 0.2) is 59.5 Å². The van der Waals surface area contributed by atoms with Gasteiger partial charge in [-0.3, -0.25) is 0 Å². The second kappa shape index (κ2) is 6.85. The largest absolute Gasteiger partial charge is 0.326 e. The molecule has 2 rings (SSSR count). The molecule has 2 aromatic carbocycles. The van der Waals surface area contributed by atoms with Gasteiger partial charge in [-0.05, 0) is 30.5 Å². The van der Waals surface area contributed by atoms with E-state index in [9.17, 15) is 8.42 Å². The lowest BCUT2D eigenvalue weighted by atomic mass is 10.1. The summed E-state index contributed by atoms with van der Waals surface area (Å²) in [5, 5.41) is 0. The van der Waals surface area contributed by atoms with Gasteiger partial charge in [-0.15, -0.1) is 0 Å². The van der Waals surface area contributed by atoms with Crippen LogP contribution in [0, 0.1) is 0 Å². The predicted molar refractivity (Wildman–Crippen MR) is 84.3 cm³/mol. The van der Waals surface area contributed by atoms with E-state index in [0.29, 0.717) is 12.0 Å². The van der Waals surface area contributed by atoms with Crippen LogP contribution in [0.1, 0.15) is 18.1 Å². The Morgan fingerprint density at radius 1 is 1.05 bits per heavy atom. The number of hydrogen-bond donors (Lipinski definition) is 2. The van der Waals surface area contributed by atoms with Crippen molar-refractivity contribution in [3.05, 3.63) is 65.7 Å². The Hall–Kier alpha value is -1.69. The number of sulfonamides is 1. The maximum Gasteiger partial charge on any atom is 0.241 e. The molecule has 0 aliphatic carbocycles. The minimum atomic E-state index is -3.55. The smallest absolute Gasteiger partial charge is 0.241 e. The maximum atomic E-state index is 12.4. The van der Waals surface area contributed by atoms with E-state index < -0.39 is 10.0 Å². The summed E-state index contributed by atoms with van der Waals surface area (Å²) in [7, 11) is -3.55. The van der Waals surface area contributed by atoms with Crippen LogP contribution in [0.2, 0.25) is 0 Å². The predicted octanol–water partition coefficient (Wildman–Crippen LogP) is 2.05. The number of hydrogen-bond acceptors (Lipinski definition) is 3. The second-order valence-electron chi connectivity index (χ2n) is 5.02. The van der Waals surface area contributed by atoms with E-state index in [4.69, 9.17) is 5.73 Å². The van der Waals surface area contributed by atoms with Crippen LogP contribution < -0.4 is 10.5 Å². The first-order valence-corrected chi connectivity index (χ1v) is 8.35. The van der Waals surface area contributed by atoms with Gasteiger partial charge in [-0.2, -0.15) is 0 Å². The lowest BCUT2D eigenvalue weighted by Crippen LogP contribution is -2.34. The Labute approximate surface area is 126 Å². The van der Waals surface area contributed by atoms with Crippen molar-refractivity contribution < 1.29 is 8.42 Å². The van der Waals surface area contributed by atoms with Gasteiger partial charge in [0.05, 0.1) is 4.90 Å². The van der Waals surface area contributed by atoms with Crippen LogP contribution in [0.5, 0.6) is 0 Å². The summed E-state index contributed by atoms with van der Waals surface area (Å²) in [6.07, 6.45) is 0.644. The first kappa shape index (κ1) is 15.7. The third-order valence-corrected chi connectivity index (χ3v) is 4.91. The molecule has 0 saturated heterocycles. The van der Waals surface area contributed by atoms with Crippen LogP contribution in [-0.4, -0.2) is 14.5 Å². The van der Waals surface area contributed by atoms with Gasteiger partial charge >= 0.3 is 0 Å². The number of nitrogens with one attached hydrogen (secondary N) is 1. The molecule has 2 aromatic rings. The van der Waals surface area contributed by atoms with Gasteiger partial charge in [0.1, 0.15) is 0 Å². The van der Waals surface area contributed by atoms with E-state index in [0.717, 1.165) is 5.56 Å². The average molecular weight is 304 g/mol. The molecule has 0 aliphatic heterocycles. The summed E-state index contributed by atoms with van der Waals surface area (Å²) in [6.45, 7) is 2.06. The Morgan fingerprint density at radius 3 is 2.33 bits per heavy atom. The maximum absolute atomic E-state index is 12.4. The molecule has 0 fully saturated rings. The minimum absolute atomic E-state index is 0.191. The summed E-state index contributed by atoms with van der Waals surface area (Å²) in [5.41, 5.74) is 7.33. The van der Waals surface area contributed by atoms with Crippen LogP contribution >= 0.6 is 0 Å². The molecule has 0 radical (unpaired) electrons. The zero-order valence-electron chi connectivity index (χ0n) is 12.0. The van der Waals surface area contributed by atoms with Crippen LogP contribution in [0.3, 0.4) is 0 Å². The summed E-state index contributed by atoms with van der Waals surface area (Å²) < 4.78 is 27.6. The van der Waals surface area contributed by atoms with Crippen LogP contribution in [0.25, 0.3) is 0 Å². The summed E-state index contributed by atoms with van der Waals surface area (Å²) in [5.74, 6) is 0. The SMILES string of the molecule is CC(Cc1ccccc1)NS(=O)(=O)c1ccccc1CN. The van der Waals surface area contributed by atoms with E-state index in [1.54, 1.807) is 24.3 Å². The fraction of sp³-hybridized carbons (Fsp3) is 0.250. The first-order chi connectivity index (χ1) is 10.0. The standard InChI is InChI=1S/C16H20N2O2S/c1-13(11-14-7-3-2-4-8-14)18-21(19,20)16-10-6-5-9-15(16)12-17/h2-10,13,18H,11-12,17H2,1H3. The highest BCUT2D eigenvalue weighted by atomic mass is 32.2. The lowest BCUT2D eigenvalue weighted by molar-refractivity contribution is 0.558. The van der Waals surface area contributed by atoms with E-state index in [1.807, 2.05) is 37.3 Å². The highest BCUT2D eigenvalue weighted by Gasteiger charge is 2.20. The molecule has 4 nitrogen and oxygen atoms in total. The van der Waals surface area contributed by atoms with Crippen molar-refractivity contribution in [1.82, 2.24) is 4.72 Å². The minimum Gasteiger partial charge on any atom is -0.326 e. The molecule has 0 aromatic heterocycles. The topological polar surface area (TPSA) is 72.2 Å². The zero-order chi connectivity index (χ0) is 15.3. The molecule has 5 heteroatoms. The van der Waals surface area contributed by atoms with Gasteiger partial charge in [-0.25, -0.2) is 13.1 Å². The number of nitrogens with two attached hydrogens (primary N) is 1. The highest BCUT2D eigenvalue weighted by Crippen LogP contribution is 2.15. The lowest BCUT2D eigenvalue weighted by Gasteiger charge is -2.16. The van der Waals surface area contributed by atoms with Gasteiger partial charge in [-0.1, -0.05) is 48.5 Å². The van der Waals surface area contributed by atoms with E-state index in [-0.39, 0.29) is 17.5 Å². The molecule has 21 heavy (non-hydrogen) atoms. The van der Waals surface area contributed by atoms with Gasteiger partial charge < -0.3 is 5.73 Å².